The number of nitrogens with zero attached hydrogens (tertiary/aromatic N) is 1. The number of sulfonamides is 1. The molecule has 3 N–H and O–H groups in total. The minimum absolute atomic E-state index is 0.00967. The molecule has 0 bridgehead atoms. The van der Waals surface area contributed by atoms with Crippen LogP contribution in [0.3, 0.4) is 0 Å². The van der Waals surface area contributed by atoms with Crippen LogP contribution < -0.4 is 10.0 Å². The van der Waals surface area contributed by atoms with E-state index in [1.54, 1.807) is 4.72 Å². The number of anilines is 2. The number of aliphatic hydroxyl groups is 1. The fourth-order valence-electron chi connectivity index (χ4n) is 2.36. The summed E-state index contributed by atoms with van der Waals surface area (Å²) < 4.78 is 105. The summed E-state index contributed by atoms with van der Waals surface area (Å²) in [6, 6.07) is 2.53. The van der Waals surface area contributed by atoms with E-state index in [0.29, 0.717) is 0 Å². The lowest BCUT2D eigenvalue weighted by atomic mass is 10.1. The van der Waals surface area contributed by atoms with E-state index in [4.69, 9.17) is 5.11 Å². The van der Waals surface area contributed by atoms with Gasteiger partial charge < -0.3 is 10.4 Å². The van der Waals surface area contributed by atoms with Gasteiger partial charge in [0, 0.05) is 18.7 Å². The van der Waals surface area contributed by atoms with Crippen molar-refractivity contribution in [3.05, 3.63) is 57.6 Å². The predicted molar refractivity (Wildman–Crippen MR) is 95.9 cm³/mol. The number of nitro benzene ring substituents is 1. The zero-order chi connectivity index (χ0) is 23.6. The van der Waals surface area contributed by atoms with Crippen LogP contribution >= 0.6 is 0 Å². The highest BCUT2D eigenvalue weighted by molar-refractivity contribution is 7.92. The highest BCUT2D eigenvalue weighted by Gasteiger charge is 2.38. The van der Waals surface area contributed by atoms with Crippen molar-refractivity contribution in [2.75, 3.05) is 23.2 Å². The number of rotatable bonds is 7. The fraction of sp³-hybridized carbons (Fsp3) is 0.250. The molecule has 0 heterocycles. The second-order valence-electron chi connectivity index (χ2n) is 5.98. The lowest BCUT2D eigenvalue weighted by Crippen LogP contribution is -2.18. The first-order chi connectivity index (χ1) is 14.1. The van der Waals surface area contributed by atoms with Crippen LogP contribution in [0.15, 0.2) is 41.3 Å². The molecule has 15 heteroatoms. The molecule has 2 aromatic rings. The van der Waals surface area contributed by atoms with Crippen LogP contribution in [0.4, 0.5) is 43.4 Å². The molecule has 0 saturated heterocycles. The molecule has 0 aliphatic heterocycles. The molecule has 0 aliphatic rings. The monoisotopic (exact) mass is 473 g/mol. The largest absolute Gasteiger partial charge is 0.416 e. The smallest absolute Gasteiger partial charge is 0.395 e. The Labute approximate surface area is 170 Å². The first-order valence-electron chi connectivity index (χ1n) is 8.10. The molecule has 8 nitrogen and oxygen atoms in total. The summed E-state index contributed by atoms with van der Waals surface area (Å²) in [7, 11) is -5.04. The maximum absolute atomic E-state index is 13.0. The van der Waals surface area contributed by atoms with Crippen molar-refractivity contribution < 1.29 is 44.8 Å². The zero-order valence-electron chi connectivity index (χ0n) is 15.1. The number of hydrogen-bond donors (Lipinski definition) is 3. The van der Waals surface area contributed by atoms with Gasteiger partial charge in [0.05, 0.1) is 38.9 Å². The molecule has 0 fully saturated rings. The van der Waals surface area contributed by atoms with E-state index in [1.807, 2.05) is 0 Å². The summed E-state index contributed by atoms with van der Waals surface area (Å²) in [5.41, 5.74) is -4.92. The SMILES string of the molecule is O=[N+]([O-])c1ccc(NCCO)c(NS(=O)(=O)c2cc(C(F)(F)F)cc(C(F)(F)F)c2)c1. The number of nitrogens with one attached hydrogen (secondary N) is 2. The predicted octanol–water partition coefficient (Wildman–Crippen LogP) is 3.84. The topological polar surface area (TPSA) is 122 Å². The lowest BCUT2D eigenvalue weighted by molar-refractivity contribution is -0.384. The highest BCUT2D eigenvalue weighted by atomic mass is 32.2. The van der Waals surface area contributed by atoms with Crippen LogP contribution in [0.1, 0.15) is 11.1 Å². The second-order valence-corrected chi connectivity index (χ2v) is 7.67. The van der Waals surface area contributed by atoms with Crippen LogP contribution in [0.2, 0.25) is 0 Å². The van der Waals surface area contributed by atoms with Gasteiger partial charge in [0.25, 0.3) is 15.7 Å². The van der Waals surface area contributed by atoms with Gasteiger partial charge in [0.15, 0.2) is 0 Å². The van der Waals surface area contributed by atoms with Crippen LogP contribution in [0, 0.1) is 10.1 Å². The van der Waals surface area contributed by atoms with Gasteiger partial charge in [0.2, 0.25) is 0 Å². The van der Waals surface area contributed by atoms with Crippen molar-refractivity contribution in [3.8, 4) is 0 Å². The van der Waals surface area contributed by atoms with Crippen LogP contribution in [-0.4, -0.2) is 31.6 Å². The average Bonchev–Trinajstić information content (AvgIpc) is 2.64. The molecule has 0 atom stereocenters. The van der Waals surface area contributed by atoms with Crippen LogP contribution in [0.25, 0.3) is 0 Å². The van der Waals surface area contributed by atoms with Gasteiger partial charge in [-0.3, -0.25) is 14.8 Å². The van der Waals surface area contributed by atoms with Crippen molar-refractivity contribution in [2.24, 2.45) is 0 Å². The Hall–Kier alpha value is -3.07. The van der Waals surface area contributed by atoms with E-state index in [-0.39, 0.29) is 30.4 Å². The summed E-state index contributed by atoms with van der Waals surface area (Å²) >= 11 is 0. The molecular formula is C16H13F6N3O5S. The molecule has 0 aliphatic carbocycles. The van der Waals surface area contributed by atoms with Gasteiger partial charge >= 0.3 is 12.4 Å². The fourth-order valence-corrected chi connectivity index (χ4v) is 3.50. The van der Waals surface area contributed by atoms with Crippen molar-refractivity contribution in [2.45, 2.75) is 17.2 Å². The van der Waals surface area contributed by atoms with Crippen molar-refractivity contribution in [1.82, 2.24) is 0 Å². The van der Waals surface area contributed by atoms with Gasteiger partial charge in [-0.05, 0) is 24.3 Å². The molecule has 2 aromatic carbocycles. The number of nitro groups is 1. The van der Waals surface area contributed by atoms with Gasteiger partial charge in [-0.15, -0.1) is 0 Å². The number of halogens is 6. The Kier molecular flexibility index (Phi) is 6.70. The van der Waals surface area contributed by atoms with Crippen molar-refractivity contribution in [1.29, 1.82) is 0 Å². The van der Waals surface area contributed by atoms with Gasteiger partial charge in [0.1, 0.15) is 0 Å². The van der Waals surface area contributed by atoms with E-state index < -0.39 is 61.3 Å². The Balaban J connectivity index is 2.60. The summed E-state index contributed by atoms with van der Waals surface area (Å²) in [5.74, 6) is 0. The number of non-ortho nitro benzene ring substituents is 1. The quantitative estimate of drug-likeness (QED) is 0.319. The average molecular weight is 473 g/mol. The maximum Gasteiger partial charge on any atom is 0.416 e. The maximum atomic E-state index is 13.0. The number of aliphatic hydroxyl groups excluding tert-OH is 1. The molecular weight excluding hydrogens is 460 g/mol. The number of benzene rings is 2. The highest BCUT2D eigenvalue weighted by Crippen LogP contribution is 2.38. The number of hydrogen-bond acceptors (Lipinski definition) is 6. The van der Waals surface area contributed by atoms with E-state index in [1.165, 1.54) is 0 Å². The molecule has 2 rings (SSSR count). The Morgan fingerprint density at radius 1 is 0.935 bits per heavy atom. The first kappa shape index (κ1) is 24.2. The van der Waals surface area contributed by atoms with Crippen molar-refractivity contribution in [3.63, 3.8) is 0 Å². The Morgan fingerprint density at radius 2 is 1.48 bits per heavy atom. The van der Waals surface area contributed by atoms with E-state index >= 15 is 0 Å². The molecule has 0 amide bonds. The van der Waals surface area contributed by atoms with Gasteiger partial charge in [-0.1, -0.05) is 0 Å². The van der Waals surface area contributed by atoms with Crippen molar-refractivity contribution >= 4 is 27.1 Å². The minimum atomic E-state index is -5.27. The number of alkyl halides is 6. The lowest BCUT2D eigenvalue weighted by Gasteiger charge is -2.16. The molecule has 0 saturated carbocycles. The second kappa shape index (κ2) is 8.58. The van der Waals surface area contributed by atoms with Crippen LogP contribution in [0.5, 0.6) is 0 Å². The first-order valence-corrected chi connectivity index (χ1v) is 9.59. The van der Waals surface area contributed by atoms with Crippen LogP contribution in [-0.2, 0) is 22.4 Å². The minimum Gasteiger partial charge on any atom is -0.395 e. The molecule has 31 heavy (non-hydrogen) atoms. The molecule has 0 spiro atoms. The summed E-state index contributed by atoms with van der Waals surface area (Å²) in [4.78, 5) is 8.70. The molecule has 0 radical (unpaired) electrons. The molecule has 0 aromatic heterocycles. The van der Waals surface area contributed by atoms with E-state index in [2.05, 4.69) is 5.32 Å². The van der Waals surface area contributed by atoms with E-state index in [9.17, 15) is 44.9 Å². The summed E-state index contributed by atoms with van der Waals surface area (Å²) in [6.45, 7) is -0.555. The summed E-state index contributed by atoms with van der Waals surface area (Å²) in [6.07, 6.45) is -10.5. The standard InChI is InChI=1S/C16H13F6N3O5S/c17-15(18,19)9-5-10(16(20,21)22)7-12(6-9)31(29,30)24-14-8-11(25(27)28)1-2-13(14)23-3-4-26/h1-2,5-8,23-24,26H,3-4H2. The molecule has 0 unspecified atom stereocenters. The third-order valence-corrected chi connectivity index (χ3v) is 5.10. The Morgan fingerprint density at radius 3 is 1.94 bits per heavy atom. The Bertz CT molecular complexity index is 1050. The normalized spacial score (nSPS) is 12.5. The summed E-state index contributed by atoms with van der Waals surface area (Å²) in [5, 5.41) is 22.3. The van der Waals surface area contributed by atoms with Gasteiger partial charge in [-0.2, -0.15) is 26.3 Å². The third-order valence-electron chi connectivity index (χ3n) is 3.76. The third kappa shape index (κ3) is 5.97. The van der Waals surface area contributed by atoms with E-state index in [0.717, 1.165) is 18.2 Å². The molecule has 170 valence electrons. The zero-order valence-corrected chi connectivity index (χ0v) is 15.9. The van der Waals surface area contributed by atoms with Gasteiger partial charge in [-0.25, -0.2) is 8.42 Å².